The lowest BCUT2D eigenvalue weighted by atomic mass is 9.82. The molecule has 0 amide bonds. The lowest BCUT2D eigenvalue weighted by Crippen LogP contribution is -2.56. The minimum atomic E-state index is -0.556. The fourth-order valence-electron chi connectivity index (χ4n) is 2.14. The number of nitrogens with zero attached hydrogens (tertiary/aromatic N) is 3. The second-order valence-electron chi connectivity index (χ2n) is 6.08. The second kappa shape index (κ2) is 5.12. The lowest BCUT2D eigenvalue weighted by molar-refractivity contribution is 0.144. The fourth-order valence-corrected chi connectivity index (χ4v) is 2.56. The Balaban J connectivity index is 2.70. The predicted molar refractivity (Wildman–Crippen MR) is 74.5 cm³/mol. The number of aliphatic imine (C=N–C) groups is 2. The van der Waals surface area contributed by atoms with Gasteiger partial charge >= 0.3 is 0 Å². The number of halogens is 2. The minimum absolute atomic E-state index is 0.145. The number of hydrazine groups is 1. The Morgan fingerprint density at radius 2 is 1.94 bits per heavy atom. The molecule has 0 saturated heterocycles. The van der Waals surface area contributed by atoms with Gasteiger partial charge in [-0.2, -0.15) is 0 Å². The van der Waals surface area contributed by atoms with Gasteiger partial charge in [-0.3, -0.25) is 0 Å². The van der Waals surface area contributed by atoms with E-state index in [1.165, 1.54) is 6.34 Å². The van der Waals surface area contributed by atoms with Crippen LogP contribution in [0, 0.1) is 5.41 Å². The van der Waals surface area contributed by atoms with E-state index in [0.29, 0.717) is 5.29 Å². The second-order valence-corrected chi connectivity index (χ2v) is 6.80. The molecule has 0 saturated carbocycles. The van der Waals surface area contributed by atoms with Gasteiger partial charge in [-0.25, -0.2) is 20.4 Å². The number of hydrogen-bond donors (Lipinski definition) is 1. The van der Waals surface area contributed by atoms with Crippen molar-refractivity contribution in [2.24, 2.45) is 15.4 Å². The van der Waals surface area contributed by atoms with Crippen LogP contribution >= 0.6 is 23.2 Å². The van der Waals surface area contributed by atoms with Crippen LogP contribution in [0.5, 0.6) is 0 Å². The lowest BCUT2D eigenvalue weighted by Gasteiger charge is -2.39. The van der Waals surface area contributed by atoms with E-state index in [1.807, 2.05) is 0 Å². The average molecular weight is 279 g/mol. The molecule has 1 aliphatic rings. The molecule has 1 unspecified atom stereocenters. The number of hydrogen-bond acceptors (Lipinski definition) is 4. The van der Waals surface area contributed by atoms with Crippen LogP contribution in [0.2, 0.25) is 0 Å². The van der Waals surface area contributed by atoms with Crippen molar-refractivity contribution in [2.75, 3.05) is 0 Å². The normalized spacial score (nSPS) is 21.7. The number of amidine groups is 1. The molecule has 0 aromatic carbocycles. The SMILES string of the molecule is CC(C)(C)CC(C)(C)NN1C(Cl)=NC=NC1Cl. The van der Waals surface area contributed by atoms with E-state index in [1.54, 1.807) is 5.01 Å². The summed E-state index contributed by atoms with van der Waals surface area (Å²) >= 11 is 12.0. The molecular formula is C11H20Cl2N4. The molecule has 0 bridgehead atoms. The molecule has 0 fully saturated rings. The van der Waals surface area contributed by atoms with Crippen LogP contribution in [-0.2, 0) is 0 Å². The Morgan fingerprint density at radius 3 is 2.41 bits per heavy atom. The minimum Gasteiger partial charge on any atom is -0.243 e. The van der Waals surface area contributed by atoms with Crippen LogP contribution in [-0.4, -0.2) is 27.8 Å². The van der Waals surface area contributed by atoms with Gasteiger partial charge in [0.05, 0.1) is 0 Å². The highest BCUT2D eigenvalue weighted by Crippen LogP contribution is 2.28. The van der Waals surface area contributed by atoms with Crippen LogP contribution in [0.15, 0.2) is 9.98 Å². The molecule has 0 radical (unpaired) electrons. The zero-order chi connectivity index (χ0) is 13.3. The van der Waals surface area contributed by atoms with Gasteiger partial charge in [0, 0.05) is 5.54 Å². The molecule has 17 heavy (non-hydrogen) atoms. The monoisotopic (exact) mass is 278 g/mol. The summed E-state index contributed by atoms with van der Waals surface area (Å²) in [6, 6.07) is 0. The van der Waals surface area contributed by atoms with Gasteiger partial charge in [0.2, 0.25) is 10.9 Å². The average Bonchev–Trinajstić information content (AvgIpc) is 2.07. The molecule has 1 N–H and O–H groups in total. The Kier molecular flexibility index (Phi) is 4.44. The zero-order valence-electron chi connectivity index (χ0n) is 11.0. The van der Waals surface area contributed by atoms with Crippen molar-refractivity contribution in [2.45, 2.75) is 52.2 Å². The molecule has 1 atom stereocenters. The van der Waals surface area contributed by atoms with Crippen molar-refractivity contribution in [3.05, 3.63) is 0 Å². The van der Waals surface area contributed by atoms with Gasteiger partial charge in [-0.1, -0.05) is 32.4 Å². The summed E-state index contributed by atoms with van der Waals surface area (Å²) in [5.41, 5.74) is 2.78. The van der Waals surface area contributed by atoms with Crippen molar-refractivity contribution in [3.63, 3.8) is 0 Å². The van der Waals surface area contributed by atoms with Crippen molar-refractivity contribution >= 4 is 34.8 Å². The molecule has 0 spiro atoms. The van der Waals surface area contributed by atoms with E-state index in [4.69, 9.17) is 23.2 Å². The third-order valence-corrected chi connectivity index (χ3v) is 2.75. The summed E-state index contributed by atoms with van der Waals surface area (Å²) < 4.78 is 0. The summed E-state index contributed by atoms with van der Waals surface area (Å²) in [7, 11) is 0. The Morgan fingerprint density at radius 1 is 1.35 bits per heavy atom. The summed E-state index contributed by atoms with van der Waals surface area (Å²) in [5, 5.41) is 1.89. The van der Waals surface area contributed by atoms with Gasteiger partial charge in [0.15, 0.2) is 0 Å². The largest absolute Gasteiger partial charge is 0.243 e. The third kappa shape index (κ3) is 4.82. The zero-order valence-corrected chi connectivity index (χ0v) is 12.5. The van der Waals surface area contributed by atoms with Crippen LogP contribution in [0.25, 0.3) is 0 Å². The molecular weight excluding hydrogens is 259 g/mol. The number of rotatable bonds is 3. The summed E-state index contributed by atoms with van der Waals surface area (Å²) in [5.74, 6) is 0. The van der Waals surface area contributed by atoms with Crippen LogP contribution in [0.1, 0.15) is 41.0 Å². The van der Waals surface area contributed by atoms with Gasteiger partial charge in [0.1, 0.15) is 6.34 Å². The summed E-state index contributed by atoms with van der Waals surface area (Å²) in [6.07, 6.45) is 2.34. The number of nitrogens with one attached hydrogen (secondary N) is 1. The molecule has 0 aromatic heterocycles. The van der Waals surface area contributed by atoms with Crippen molar-refractivity contribution in [1.82, 2.24) is 10.4 Å². The first-order chi connectivity index (χ1) is 7.61. The van der Waals surface area contributed by atoms with E-state index in [-0.39, 0.29) is 11.0 Å². The Hall–Kier alpha value is -0.320. The molecule has 0 aliphatic carbocycles. The topological polar surface area (TPSA) is 40.0 Å². The van der Waals surface area contributed by atoms with E-state index in [0.717, 1.165) is 6.42 Å². The highest BCUT2D eigenvalue weighted by Gasteiger charge is 2.31. The maximum Gasteiger partial charge on any atom is 0.217 e. The first-order valence-corrected chi connectivity index (χ1v) is 6.38. The van der Waals surface area contributed by atoms with Gasteiger partial charge < -0.3 is 0 Å². The maximum absolute atomic E-state index is 6.06. The quantitative estimate of drug-likeness (QED) is 0.636. The molecule has 0 aromatic rings. The first kappa shape index (κ1) is 14.7. The smallest absolute Gasteiger partial charge is 0.217 e. The molecule has 98 valence electrons. The van der Waals surface area contributed by atoms with Crippen LogP contribution < -0.4 is 5.43 Å². The first-order valence-electron chi connectivity index (χ1n) is 5.57. The molecule has 1 rings (SSSR count). The fraction of sp³-hybridized carbons (Fsp3) is 0.818. The van der Waals surface area contributed by atoms with E-state index in [9.17, 15) is 0 Å². The summed E-state index contributed by atoms with van der Waals surface area (Å²) in [6.45, 7) is 10.8. The Labute approximate surface area is 113 Å². The Bertz CT molecular complexity index is 331. The third-order valence-electron chi connectivity index (χ3n) is 2.16. The highest BCUT2D eigenvalue weighted by atomic mass is 35.5. The van der Waals surface area contributed by atoms with E-state index in [2.05, 4.69) is 50.0 Å². The number of alkyl halides is 1. The summed E-state index contributed by atoms with van der Waals surface area (Å²) in [4.78, 5) is 7.89. The maximum atomic E-state index is 6.06. The standard InChI is InChI=1S/C11H20Cl2N4/c1-10(2,3)6-11(4,5)16-17-8(12)14-7-15-9(17)13/h7-8,16H,6H2,1-5H3. The molecule has 4 nitrogen and oxygen atoms in total. The van der Waals surface area contributed by atoms with Crippen molar-refractivity contribution in [3.8, 4) is 0 Å². The van der Waals surface area contributed by atoms with Crippen LogP contribution in [0.3, 0.4) is 0 Å². The van der Waals surface area contributed by atoms with Gasteiger partial charge in [0.25, 0.3) is 0 Å². The highest BCUT2D eigenvalue weighted by molar-refractivity contribution is 6.65. The van der Waals surface area contributed by atoms with E-state index >= 15 is 0 Å². The van der Waals surface area contributed by atoms with Crippen molar-refractivity contribution < 1.29 is 0 Å². The molecule has 1 aliphatic heterocycles. The predicted octanol–water partition coefficient (Wildman–Crippen LogP) is 3.17. The van der Waals surface area contributed by atoms with Crippen molar-refractivity contribution in [1.29, 1.82) is 0 Å². The molecule has 1 heterocycles. The van der Waals surface area contributed by atoms with E-state index < -0.39 is 5.62 Å². The molecule has 6 heteroatoms. The van der Waals surface area contributed by atoms with Gasteiger partial charge in [-0.05, 0) is 37.3 Å². The van der Waals surface area contributed by atoms with Gasteiger partial charge in [-0.15, -0.1) is 0 Å². The van der Waals surface area contributed by atoms with Crippen LogP contribution in [0.4, 0.5) is 0 Å².